The number of piperazine rings is 1. The fraction of sp³-hybridized carbons (Fsp3) is 0.190. The van der Waals surface area contributed by atoms with Crippen molar-refractivity contribution in [3.05, 3.63) is 71.1 Å². The van der Waals surface area contributed by atoms with Gasteiger partial charge in [-0.15, -0.1) is 11.3 Å². The molecule has 3 aromatic rings. The quantitative estimate of drug-likeness (QED) is 0.520. The molecule has 0 N–H and O–H groups in total. The molecule has 0 spiro atoms. The number of amides is 2. The van der Waals surface area contributed by atoms with E-state index >= 15 is 0 Å². The molecule has 2 aromatic carbocycles. The first-order chi connectivity index (χ1) is 13.1. The number of nitrogens with zero attached hydrogens (tertiary/aromatic N) is 2. The van der Waals surface area contributed by atoms with Crippen molar-refractivity contribution < 1.29 is 14.4 Å². The molecule has 0 bridgehead atoms. The zero-order valence-corrected chi connectivity index (χ0v) is 15.4. The van der Waals surface area contributed by atoms with Crippen molar-refractivity contribution in [1.29, 1.82) is 0 Å². The number of rotatable bonds is 3. The van der Waals surface area contributed by atoms with E-state index in [2.05, 4.69) is 0 Å². The second-order valence-electron chi connectivity index (χ2n) is 6.43. The highest BCUT2D eigenvalue weighted by Crippen LogP contribution is 2.26. The third kappa shape index (κ3) is 3.48. The highest BCUT2D eigenvalue weighted by atomic mass is 32.1. The number of thiophene rings is 1. The van der Waals surface area contributed by atoms with Crippen molar-refractivity contribution in [2.45, 2.75) is 0 Å². The molecule has 136 valence electrons. The van der Waals surface area contributed by atoms with Crippen LogP contribution in [0.1, 0.15) is 20.0 Å². The van der Waals surface area contributed by atoms with Gasteiger partial charge in [-0.25, -0.2) is 0 Å². The maximum Gasteiger partial charge on any atom is 0.295 e. The van der Waals surface area contributed by atoms with E-state index in [4.69, 9.17) is 0 Å². The summed E-state index contributed by atoms with van der Waals surface area (Å²) in [6.07, 6.45) is 0. The molecule has 4 rings (SSSR count). The predicted octanol–water partition coefficient (Wildman–Crippen LogP) is 3.07. The third-order valence-electron chi connectivity index (χ3n) is 4.72. The van der Waals surface area contributed by atoms with Crippen molar-refractivity contribution in [1.82, 2.24) is 9.80 Å². The fourth-order valence-electron chi connectivity index (χ4n) is 3.22. The highest BCUT2D eigenvalue weighted by Gasteiger charge is 2.29. The minimum atomic E-state index is -0.492. The van der Waals surface area contributed by atoms with Crippen LogP contribution < -0.4 is 0 Å². The van der Waals surface area contributed by atoms with Gasteiger partial charge < -0.3 is 9.80 Å². The smallest absolute Gasteiger partial charge is 0.295 e. The number of ketones is 1. The monoisotopic (exact) mass is 378 g/mol. The third-order valence-corrected chi connectivity index (χ3v) is 5.83. The maximum absolute atomic E-state index is 12.6. The molecule has 0 aliphatic carbocycles. The van der Waals surface area contributed by atoms with Crippen molar-refractivity contribution in [3.63, 3.8) is 0 Å². The standard InChI is InChI=1S/C21H18N2O3S/c24-19(18-14-16-8-4-5-9-17(16)27-18)21(26)23-12-10-22(11-13-23)20(25)15-6-2-1-3-7-15/h1-9,14H,10-13H2. The van der Waals surface area contributed by atoms with Gasteiger partial charge in [0.05, 0.1) is 4.88 Å². The van der Waals surface area contributed by atoms with Crippen molar-refractivity contribution >= 4 is 39.0 Å². The van der Waals surface area contributed by atoms with E-state index in [1.165, 1.54) is 11.3 Å². The summed E-state index contributed by atoms with van der Waals surface area (Å²) in [7, 11) is 0. The predicted molar refractivity (Wildman–Crippen MR) is 105 cm³/mol. The Hall–Kier alpha value is -2.99. The number of benzene rings is 2. The summed E-state index contributed by atoms with van der Waals surface area (Å²) < 4.78 is 0.993. The van der Waals surface area contributed by atoms with Crippen LogP contribution >= 0.6 is 11.3 Å². The minimum absolute atomic E-state index is 0.0430. The van der Waals surface area contributed by atoms with Gasteiger partial charge in [0.2, 0.25) is 0 Å². The minimum Gasteiger partial charge on any atom is -0.335 e. The van der Waals surface area contributed by atoms with Gasteiger partial charge in [0.15, 0.2) is 0 Å². The summed E-state index contributed by atoms with van der Waals surface area (Å²) in [6, 6.07) is 18.6. The summed E-state index contributed by atoms with van der Waals surface area (Å²) in [5.74, 6) is -1.01. The Labute approximate surface area is 160 Å². The Bertz CT molecular complexity index is 971. The number of Topliss-reactive ketones (excluding diaryl/α,β-unsaturated/α-hetero) is 1. The van der Waals surface area contributed by atoms with Crippen LogP contribution in [0.3, 0.4) is 0 Å². The van der Waals surface area contributed by atoms with Crippen LogP contribution in [-0.2, 0) is 4.79 Å². The molecule has 6 heteroatoms. The second-order valence-corrected chi connectivity index (χ2v) is 7.51. The number of carbonyl (C=O) groups is 3. The number of carbonyl (C=O) groups excluding carboxylic acids is 3. The van der Waals surface area contributed by atoms with E-state index in [-0.39, 0.29) is 5.91 Å². The first-order valence-corrected chi connectivity index (χ1v) is 9.61. The summed E-state index contributed by atoms with van der Waals surface area (Å²) in [6.45, 7) is 1.60. The number of hydrogen-bond acceptors (Lipinski definition) is 4. The van der Waals surface area contributed by atoms with E-state index in [0.717, 1.165) is 10.1 Å². The molecule has 1 aliphatic heterocycles. The molecule has 5 nitrogen and oxygen atoms in total. The van der Waals surface area contributed by atoms with Crippen LogP contribution in [0, 0.1) is 0 Å². The second kappa shape index (κ2) is 7.32. The molecule has 27 heavy (non-hydrogen) atoms. The zero-order chi connectivity index (χ0) is 18.8. The lowest BCUT2D eigenvalue weighted by Crippen LogP contribution is -2.52. The number of hydrogen-bond donors (Lipinski definition) is 0. The van der Waals surface area contributed by atoms with E-state index in [1.54, 1.807) is 28.0 Å². The Morgan fingerprint density at radius 3 is 2.11 bits per heavy atom. The van der Waals surface area contributed by atoms with E-state index in [9.17, 15) is 14.4 Å². The van der Waals surface area contributed by atoms with Gasteiger partial charge in [-0.1, -0.05) is 36.4 Å². The first kappa shape index (κ1) is 17.4. The molecule has 2 heterocycles. The molecule has 0 radical (unpaired) electrons. The molecule has 1 aliphatic rings. The van der Waals surface area contributed by atoms with Gasteiger partial charge in [-0.3, -0.25) is 14.4 Å². The summed E-state index contributed by atoms with van der Waals surface area (Å²) in [5.41, 5.74) is 0.638. The first-order valence-electron chi connectivity index (χ1n) is 8.80. The van der Waals surface area contributed by atoms with Crippen LogP contribution in [0.25, 0.3) is 10.1 Å². The van der Waals surface area contributed by atoms with Crippen LogP contribution in [-0.4, -0.2) is 53.6 Å². The molecular weight excluding hydrogens is 360 g/mol. The average Bonchev–Trinajstić information content (AvgIpc) is 3.17. The van der Waals surface area contributed by atoms with Crippen LogP contribution in [0.15, 0.2) is 60.7 Å². The van der Waals surface area contributed by atoms with Crippen molar-refractivity contribution in [3.8, 4) is 0 Å². The van der Waals surface area contributed by atoms with Crippen LogP contribution in [0.2, 0.25) is 0 Å². The molecule has 1 saturated heterocycles. The maximum atomic E-state index is 12.6. The van der Waals surface area contributed by atoms with Crippen molar-refractivity contribution in [2.24, 2.45) is 0 Å². The lowest BCUT2D eigenvalue weighted by Gasteiger charge is -2.34. The highest BCUT2D eigenvalue weighted by molar-refractivity contribution is 7.21. The van der Waals surface area contributed by atoms with E-state index in [1.807, 2.05) is 42.5 Å². The van der Waals surface area contributed by atoms with Gasteiger partial charge in [0.25, 0.3) is 17.6 Å². The summed E-state index contributed by atoms with van der Waals surface area (Å²) in [4.78, 5) is 41.4. The Kier molecular flexibility index (Phi) is 4.73. The molecule has 2 amide bonds. The normalized spacial score (nSPS) is 14.4. The number of fused-ring (bicyclic) bond motifs is 1. The van der Waals surface area contributed by atoms with E-state index < -0.39 is 11.7 Å². The Balaban J connectivity index is 1.41. The lowest BCUT2D eigenvalue weighted by atomic mass is 10.1. The van der Waals surface area contributed by atoms with Gasteiger partial charge in [0, 0.05) is 36.4 Å². The Morgan fingerprint density at radius 1 is 0.778 bits per heavy atom. The Morgan fingerprint density at radius 2 is 1.41 bits per heavy atom. The molecule has 0 atom stereocenters. The molecule has 1 aromatic heterocycles. The van der Waals surface area contributed by atoms with Crippen LogP contribution in [0.4, 0.5) is 0 Å². The molecule has 1 fully saturated rings. The van der Waals surface area contributed by atoms with Gasteiger partial charge in [0.1, 0.15) is 0 Å². The SMILES string of the molecule is O=C(C(=O)N1CCN(C(=O)c2ccccc2)CC1)c1cc2ccccc2s1. The van der Waals surface area contributed by atoms with Gasteiger partial charge in [-0.05, 0) is 29.7 Å². The lowest BCUT2D eigenvalue weighted by molar-refractivity contribution is -0.127. The fourth-order valence-corrected chi connectivity index (χ4v) is 4.21. The zero-order valence-electron chi connectivity index (χ0n) is 14.6. The van der Waals surface area contributed by atoms with Gasteiger partial charge in [-0.2, -0.15) is 0 Å². The van der Waals surface area contributed by atoms with Crippen molar-refractivity contribution in [2.75, 3.05) is 26.2 Å². The van der Waals surface area contributed by atoms with Gasteiger partial charge >= 0.3 is 0 Å². The topological polar surface area (TPSA) is 57.7 Å². The van der Waals surface area contributed by atoms with E-state index in [0.29, 0.717) is 36.6 Å². The molecule has 0 unspecified atom stereocenters. The molecule has 0 saturated carbocycles. The summed E-state index contributed by atoms with van der Waals surface area (Å²) in [5, 5.41) is 0.969. The van der Waals surface area contributed by atoms with Crippen LogP contribution in [0.5, 0.6) is 0 Å². The average molecular weight is 378 g/mol. The largest absolute Gasteiger partial charge is 0.335 e. The molecular formula is C21H18N2O3S. The summed E-state index contributed by atoms with van der Waals surface area (Å²) >= 11 is 1.34.